The first-order valence-electron chi connectivity index (χ1n) is 8.81. The molecule has 0 aliphatic carbocycles. The van der Waals surface area contributed by atoms with E-state index in [1.807, 2.05) is 28.8 Å². The smallest absolute Gasteiger partial charge is 0.344 e. The number of para-hydroxylation sites is 2. The number of ether oxygens (including phenoxy) is 2. The molecule has 0 fully saturated rings. The third-order valence-electron chi connectivity index (χ3n) is 4.24. The van der Waals surface area contributed by atoms with Gasteiger partial charge in [-0.05, 0) is 25.5 Å². The molecule has 138 valence electrons. The van der Waals surface area contributed by atoms with E-state index >= 15 is 0 Å². The van der Waals surface area contributed by atoms with Crippen molar-refractivity contribution in [3.05, 3.63) is 29.8 Å². The van der Waals surface area contributed by atoms with E-state index in [9.17, 15) is 4.79 Å². The molecular formula is C19H24N4O3. The first-order chi connectivity index (χ1) is 12.6. The number of nitrogens with two attached hydrogens (primary N) is 1. The number of esters is 1. The molecule has 3 aromatic rings. The van der Waals surface area contributed by atoms with Crippen LogP contribution in [0.4, 0.5) is 5.82 Å². The Balaban J connectivity index is 2.15. The van der Waals surface area contributed by atoms with Crippen LogP contribution in [0.5, 0.6) is 0 Å². The molecule has 1 atom stereocenters. The molecule has 7 heteroatoms. The summed E-state index contributed by atoms with van der Waals surface area (Å²) in [5.41, 5.74) is 9.17. The average Bonchev–Trinajstić information content (AvgIpc) is 2.88. The van der Waals surface area contributed by atoms with E-state index in [2.05, 4.69) is 11.9 Å². The molecule has 0 aliphatic rings. The predicted octanol–water partition coefficient (Wildman–Crippen LogP) is 3.16. The summed E-state index contributed by atoms with van der Waals surface area (Å²) in [6, 6.07) is 7.56. The van der Waals surface area contributed by atoms with Crippen LogP contribution in [-0.2, 0) is 16.0 Å². The third-order valence-corrected chi connectivity index (χ3v) is 4.24. The Kier molecular flexibility index (Phi) is 5.37. The molecule has 7 nitrogen and oxygen atoms in total. The second-order valence-corrected chi connectivity index (χ2v) is 6.32. The predicted molar refractivity (Wildman–Crippen MR) is 101 cm³/mol. The maximum Gasteiger partial charge on any atom is 0.344 e. The number of anilines is 1. The Bertz CT molecular complexity index is 935. The van der Waals surface area contributed by atoms with Crippen LogP contribution in [0.1, 0.15) is 37.0 Å². The van der Waals surface area contributed by atoms with Crippen LogP contribution in [0.25, 0.3) is 22.2 Å². The molecule has 0 radical (unpaired) electrons. The number of fused-ring (bicyclic) bond motifs is 2. The number of carbonyl (C=O) groups is 1. The number of unbranched alkanes of at least 4 members (excludes halogenated alkanes) is 1. The van der Waals surface area contributed by atoms with Gasteiger partial charge in [-0.3, -0.25) is 0 Å². The molecule has 2 aromatic heterocycles. The highest BCUT2D eigenvalue weighted by Crippen LogP contribution is 2.29. The lowest BCUT2D eigenvalue weighted by Gasteiger charge is -2.12. The van der Waals surface area contributed by atoms with Crippen molar-refractivity contribution >= 4 is 34.0 Å². The van der Waals surface area contributed by atoms with Crippen molar-refractivity contribution in [3.63, 3.8) is 0 Å². The number of rotatable bonds is 7. The van der Waals surface area contributed by atoms with Gasteiger partial charge in [0.25, 0.3) is 0 Å². The Morgan fingerprint density at radius 1 is 1.27 bits per heavy atom. The van der Waals surface area contributed by atoms with Crippen molar-refractivity contribution in [3.8, 4) is 0 Å². The Morgan fingerprint density at radius 3 is 2.62 bits per heavy atom. The molecular weight excluding hydrogens is 332 g/mol. The fraction of sp³-hybridized carbons (Fsp3) is 0.421. The van der Waals surface area contributed by atoms with Gasteiger partial charge in [-0.25, -0.2) is 14.8 Å². The minimum Gasteiger partial charge on any atom is -0.456 e. The highest BCUT2D eigenvalue weighted by molar-refractivity contribution is 6.08. The van der Waals surface area contributed by atoms with Gasteiger partial charge in [-0.1, -0.05) is 25.5 Å². The zero-order chi connectivity index (χ0) is 18.7. The summed E-state index contributed by atoms with van der Waals surface area (Å²) in [5.74, 6) is -0.157. The minimum atomic E-state index is -0.503. The monoisotopic (exact) mass is 356 g/mol. The van der Waals surface area contributed by atoms with Crippen molar-refractivity contribution in [1.82, 2.24) is 14.5 Å². The fourth-order valence-electron chi connectivity index (χ4n) is 2.97. The van der Waals surface area contributed by atoms with Gasteiger partial charge in [0.05, 0.1) is 17.6 Å². The van der Waals surface area contributed by atoms with Crippen molar-refractivity contribution in [1.29, 1.82) is 0 Å². The quantitative estimate of drug-likeness (QED) is 0.654. The molecule has 2 N–H and O–H groups in total. The van der Waals surface area contributed by atoms with E-state index in [1.165, 1.54) is 0 Å². The molecule has 0 saturated carbocycles. The number of nitrogen functional groups attached to an aromatic ring is 1. The van der Waals surface area contributed by atoms with E-state index in [0.717, 1.165) is 18.4 Å². The van der Waals surface area contributed by atoms with Crippen molar-refractivity contribution in [2.75, 3.05) is 19.5 Å². The molecule has 26 heavy (non-hydrogen) atoms. The molecule has 3 rings (SSSR count). The summed E-state index contributed by atoms with van der Waals surface area (Å²) in [6.45, 7) is 4.86. The molecule has 0 bridgehead atoms. The van der Waals surface area contributed by atoms with E-state index in [0.29, 0.717) is 35.7 Å². The third kappa shape index (κ3) is 3.35. The van der Waals surface area contributed by atoms with Gasteiger partial charge < -0.3 is 19.8 Å². The number of methoxy groups -OCH3 is 1. The number of nitrogens with zero attached hydrogens (tertiary/aromatic N) is 3. The molecule has 0 saturated heterocycles. The van der Waals surface area contributed by atoms with Crippen molar-refractivity contribution in [2.45, 2.75) is 39.3 Å². The van der Waals surface area contributed by atoms with E-state index in [4.69, 9.17) is 20.2 Å². The zero-order valence-corrected chi connectivity index (χ0v) is 15.4. The standard InChI is InChI=1S/C19H24N4O3/c1-4-5-10-23-17(20)15(19(24)26-12(2)11-25-3)16-18(23)22-14-9-7-6-8-13(14)21-16/h6-9,12H,4-5,10-11,20H2,1-3H3. The number of carbonyl (C=O) groups excluding carboxylic acids is 1. The van der Waals surface area contributed by atoms with E-state index in [-0.39, 0.29) is 11.7 Å². The fourth-order valence-corrected chi connectivity index (χ4v) is 2.97. The highest BCUT2D eigenvalue weighted by atomic mass is 16.6. The lowest BCUT2D eigenvalue weighted by molar-refractivity contribution is 0.0123. The lowest BCUT2D eigenvalue weighted by Crippen LogP contribution is -2.20. The summed E-state index contributed by atoms with van der Waals surface area (Å²) in [7, 11) is 1.56. The van der Waals surface area contributed by atoms with Crippen LogP contribution in [0, 0.1) is 0 Å². The lowest BCUT2D eigenvalue weighted by atomic mass is 10.2. The number of hydrogen-bond acceptors (Lipinski definition) is 6. The van der Waals surface area contributed by atoms with Crippen LogP contribution >= 0.6 is 0 Å². The number of hydrogen-bond donors (Lipinski definition) is 1. The van der Waals surface area contributed by atoms with Gasteiger partial charge in [-0.2, -0.15) is 0 Å². The van der Waals surface area contributed by atoms with Gasteiger partial charge in [0, 0.05) is 13.7 Å². The van der Waals surface area contributed by atoms with Crippen LogP contribution in [0.3, 0.4) is 0 Å². The molecule has 1 unspecified atom stereocenters. The highest BCUT2D eigenvalue weighted by Gasteiger charge is 2.26. The largest absolute Gasteiger partial charge is 0.456 e. The van der Waals surface area contributed by atoms with Crippen LogP contribution < -0.4 is 5.73 Å². The minimum absolute atomic E-state index is 0.275. The molecule has 0 amide bonds. The number of aryl methyl sites for hydroxylation is 1. The maximum absolute atomic E-state index is 12.7. The molecule has 0 spiro atoms. The first kappa shape index (κ1) is 18.1. The molecule has 1 aromatic carbocycles. The second kappa shape index (κ2) is 7.70. The zero-order valence-electron chi connectivity index (χ0n) is 15.4. The number of benzene rings is 1. The number of aromatic nitrogens is 3. The van der Waals surface area contributed by atoms with Gasteiger partial charge in [0.1, 0.15) is 23.0 Å². The molecule has 0 aliphatic heterocycles. The van der Waals surface area contributed by atoms with Gasteiger partial charge in [-0.15, -0.1) is 0 Å². The Labute approximate surface area is 152 Å². The second-order valence-electron chi connectivity index (χ2n) is 6.32. The van der Waals surface area contributed by atoms with Crippen molar-refractivity contribution in [2.24, 2.45) is 0 Å². The normalized spacial score (nSPS) is 12.6. The molecule has 2 heterocycles. The van der Waals surface area contributed by atoms with Crippen LogP contribution in [0.15, 0.2) is 24.3 Å². The van der Waals surface area contributed by atoms with E-state index in [1.54, 1.807) is 14.0 Å². The van der Waals surface area contributed by atoms with Crippen LogP contribution in [-0.4, -0.2) is 40.3 Å². The van der Waals surface area contributed by atoms with E-state index < -0.39 is 5.97 Å². The van der Waals surface area contributed by atoms with Gasteiger partial charge >= 0.3 is 5.97 Å². The summed E-state index contributed by atoms with van der Waals surface area (Å²) in [4.78, 5) is 22.1. The van der Waals surface area contributed by atoms with Gasteiger partial charge in [0.2, 0.25) is 0 Å². The average molecular weight is 356 g/mol. The Morgan fingerprint density at radius 2 is 1.96 bits per heavy atom. The first-order valence-corrected chi connectivity index (χ1v) is 8.81. The SMILES string of the molecule is CCCCn1c(N)c(C(=O)OC(C)COC)c2nc3ccccc3nc21. The summed E-state index contributed by atoms with van der Waals surface area (Å²) in [6.07, 6.45) is 1.55. The topological polar surface area (TPSA) is 92.3 Å². The van der Waals surface area contributed by atoms with Crippen LogP contribution in [0.2, 0.25) is 0 Å². The maximum atomic E-state index is 12.7. The summed E-state index contributed by atoms with van der Waals surface area (Å²) < 4.78 is 12.4. The van der Waals surface area contributed by atoms with Gasteiger partial charge in [0.15, 0.2) is 5.65 Å². The van der Waals surface area contributed by atoms with Crippen molar-refractivity contribution < 1.29 is 14.3 Å². The summed E-state index contributed by atoms with van der Waals surface area (Å²) >= 11 is 0. The Hall–Kier alpha value is -2.67. The summed E-state index contributed by atoms with van der Waals surface area (Å²) in [5, 5.41) is 0.